The molecule has 0 unspecified atom stereocenters. The smallest absolute Gasteiger partial charge is 0.156 e. The second-order valence-corrected chi connectivity index (χ2v) is 6.00. The molecule has 0 aliphatic heterocycles. The van der Waals surface area contributed by atoms with Crippen LogP contribution in [0.2, 0.25) is 0 Å². The first-order chi connectivity index (χ1) is 12.6. The van der Waals surface area contributed by atoms with Crippen LogP contribution < -0.4 is 16.0 Å². The maximum Gasteiger partial charge on any atom is 0.156 e. The lowest BCUT2D eigenvalue weighted by Gasteiger charge is -2.23. The van der Waals surface area contributed by atoms with Crippen LogP contribution >= 0.6 is 0 Å². The highest BCUT2D eigenvalue weighted by molar-refractivity contribution is 5.69. The van der Waals surface area contributed by atoms with E-state index >= 15 is 0 Å². The van der Waals surface area contributed by atoms with Gasteiger partial charge in [0.1, 0.15) is 5.82 Å². The predicted octanol–water partition coefficient (Wildman–Crippen LogP) is 3.61. The second kappa shape index (κ2) is 9.56. The number of aryl methyl sites for hydroxylation is 1. The fourth-order valence-electron chi connectivity index (χ4n) is 2.70. The standard InChI is InChI=1S/C20H28N6/c1-5-7-11-26(10-6-2)20-13-18(24-19(25-20)8-9-21)17-12-16(22-4)14-23-15(17)3/h5,8-9,12-14,22H,1,6-7,10-11,21H2,2-4H3. The van der Waals surface area contributed by atoms with Crippen molar-refractivity contribution >= 4 is 17.6 Å². The van der Waals surface area contributed by atoms with E-state index in [4.69, 9.17) is 5.73 Å². The Bertz CT molecular complexity index is 769. The molecule has 2 rings (SSSR count). The topological polar surface area (TPSA) is 80.0 Å². The van der Waals surface area contributed by atoms with Crippen LogP contribution in [0.4, 0.5) is 11.5 Å². The minimum atomic E-state index is 0.592. The van der Waals surface area contributed by atoms with Gasteiger partial charge in [-0.1, -0.05) is 13.0 Å². The summed E-state index contributed by atoms with van der Waals surface area (Å²) in [5.41, 5.74) is 9.26. The highest BCUT2D eigenvalue weighted by atomic mass is 15.2. The molecule has 0 amide bonds. The van der Waals surface area contributed by atoms with Crippen molar-refractivity contribution in [2.45, 2.75) is 26.7 Å². The number of nitrogens with one attached hydrogen (secondary N) is 1. The molecule has 0 fully saturated rings. The molecule has 3 N–H and O–H groups in total. The van der Waals surface area contributed by atoms with Crippen molar-refractivity contribution in [1.82, 2.24) is 15.0 Å². The van der Waals surface area contributed by atoms with E-state index in [-0.39, 0.29) is 0 Å². The quantitative estimate of drug-likeness (QED) is 0.671. The third kappa shape index (κ3) is 4.81. The molecule has 26 heavy (non-hydrogen) atoms. The Labute approximate surface area is 155 Å². The molecular formula is C20H28N6. The molecule has 0 saturated carbocycles. The zero-order chi connectivity index (χ0) is 18.9. The highest BCUT2D eigenvalue weighted by Crippen LogP contribution is 2.27. The zero-order valence-electron chi connectivity index (χ0n) is 15.9. The molecule has 0 spiro atoms. The lowest BCUT2D eigenvalue weighted by molar-refractivity contribution is 0.751. The number of hydrogen-bond donors (Lipinski definition) is 2. The monoisotopic (exact) mass is 352 g/mol. The van der Waals surface area contributed by atoms with E-state index in [0.717, 1.165) is 54.4 Å². The van der Waals surface area contributed by atoms with Crippen LogP contribution in [0.1, 0.15) is 31.3 Å². The molecule has 2 heterocycles. The van der Waals surface area contributed by atoms with E-state index in [1.165, 1.54) is 6.20 Å². The average Bonchev–Trinajstić information content (AvgIpc) is 2.65. The number of aromatic nitrogens is 3. The van der Waals surface area contributed by atoms with Crippen LogP contribution in [0, 0.1) is 6.92 Å². The van der Waals surface area contributed by atoms with Gasteiger partial charge in [0.15, 0.2) is 5.82 Å². The van der Waals surface area contributed by atoms with Crippen molar-refractivity contribution in [2.75, 3.05) is 30.4 Å². The molecule has 0 saturated heterocycles. The normalized spacial score (nSPS) is 10.9. The summed E-state index contributed by atoms with van der Waals surface area (Å²) >= 11 is 0. The molecule has 0 aliphatic carbocycles. The van der Waals surface area contributed by atoms with Crippen LogP contribution in [-0.4, -0.2) is 35.1 Å². The lowest BCUT2D eigenvalue weighted by atomic mass is 10.1. The molecule has 6 heteroatoms. The Morgan fingerprint density at radius 2 is 2.08 bits per heavy atom. The largest absolute Gasteiger partial charge is 0.404 e. The van der Waals surface area contributed by atoms with Gasteiger partial charge in [0.25, 0.3) is 0 Å². The van der Waals surface area contributed by atoms with Gasteiger partial charge in [-0.15, -0.1) is 6.58 Å². The summed E-state index contributed by atoms with van der Waals surface area (Å²) in [5.74, 6) is 1.48. The Kier molecular flexibility index (Phi) is 7.14. The number of nitrogens with zero attached hydrogens (tertiary/aromatic N) is 4. The number of rotatable bonds is 9. The van der Waals surface area contributed by atoms with Gasteiger partial charge in [0.05, 0.1) is 17.6 Å². The van der Waals surface area contributed by atoms with Crippen LogP contribution in [0.3, 0.4) is 0 Å². The molecule has 0 atom stereocenters. The molecule has 0 bridgehead atoms. The Morgan fingerprint density at radius 1 is 1.27 bits per heavy atom. The van der Waals surface area contributed by atoms with Crippen LogP contribution in [0.25, 0.3) is 17.3 Å². The van der Waals surface area contributed by atoms with Gasteiger partial charge in [-0.25, -0.2) is 9.97 Å². The fourth-order valence-corrected chi connectivity index (χ4v) is 2.70. The van der Waals surface area contributed by atoms with Crippen molar-refractivity contribution < 1.29 is 0 Å². The summed E-state index contributed by atoms with van der Waals surface area (Å²) in [7, 11) is 1.88. The molecule has 0 radical (unpaired) electrons. The van der Waals surface area contributed by atoms with E-state index in [1.54, 1.807) is 6.08 Å². The summed E-state index contributed by atoms with van der Waals surface area (Å²) in [6.07, 6.45) is 8.86. The number of nitrogens with two attached hydrogens (primary N) is 1. The second-order valence-electron chi connectivity index (χ2n) is 6.00. The van der Waals surface area contributed by atoms with Gasteiger partial charge in [0, 0.05) is 37.5 Å². The average molecular weight is 352 g/mol. The van der Waals surface area contributed by atoms with Gasteiger partial charge in [-0.2, -0.15) is 0 Å². The molecule has 138 valence electrons. The molecule has 0 aliphatic rings. The molecule has 2 aromatic heterocycles. The molecule has 0 aromatic carbocycles. The van der Waals surface area contributed by atoms with Crippen LogP contribution in [0.15, 0.2) is 37.2 Å². The van der Waals surface area contributed by atoms with Crippen molar-refractivity contribution in [2.24, 2.45) is 5.73 Å². The highest BCUT2D eigenvalue weighted by Gasteiger charge is 2.13. The Balaban J connectivity index is 2.56. The minimum absolute atomic E-state index is 0.592. The van der Waals surface area contributed by atoms with E-state index in [2.05, 4.69) is 44.7 Å². The van der Waals surface area contributed by atoms with Crippen molar-refractivity contribution in [3.05, 3.63) is 48.7 Å². The fraction of sp³-hybridized carbons (Fsp3) is 0.350. The van der Waals surface area contributed by atoms with E-state index in [9.17, 15) is 0 Å². The first kappa shape index (κ1) is 19.4. The SMILES string of the molecule is C=CCCN(CCC)c1cc(-c2cc(NC)cnc2C)nc(C=CN)n1. The number of hydrogen-bond acceptors (Lipinski definition) is 6. The maximum absolute atomic E-state index is 5.58. The maximum atomic E-state index is 5.58. The lowest BCUT2D eigenvalue weighted by Crippen LogP contribution is -2.26. The summed E-state index contributed by atoms with van der Waals surface area (Å²) in [4.78, 5) is 16.1. The first-order valence-corrected chi connectivity index (χ1v) is 8.90. The zero-order valence-corrected chi connectivity index (χ0v) is 15.9. The summed E-state index contributed by atoms with van der Waals surface area (Å²) < 4.78 is 0. The Morgan fingerprint density at radius 3 is 2.73 bits per heavy atom. The minimum Gasteiger partial charge on any atom is -0.404 e. The van der Waals surface area contributed by atoms with Gasteiger partial charge in [-0.05, 0) is 38.1 Å². The predicted molar refractivity (Wildman–Crippen MR) is 110 cm³/mol. The summed E-state index contributed by atoms with van der Waals surface area (Å²) in [6, 6.07) is 4.08. The van der Waals surface area contributed by atoms with Gasteiger partial charge in [0.2, 0.25) is 0 Å². The molecular weight excluding hydrogens is 324 g/mol. The molecule has 6 nitrogen and oxygen atoms in total. The van der Waals surface area contributed by atoms with E-state index < -0.39 is 0 Å². The van der Waals surface area contributed by atoms with E-state index in [1.807, 2.05) is 32.3 Å². The van der Waals surface area contributed by atoms with Crippen molar-refractivity contribution in [1.29, 1.82) is 0 Å². The number of anilines is 2. The van der Waals surface area contributed by atoms with Crippen LogP contribution in [-0.2, 0) is 0 Å². The van der Waals surface area contributed by atoms with Gasteiger partial charge in [-0.3, -0.25) is 4.98 Å². The number of pyridine rings is 1. The summed E-state index contributed by atoms with van der Waals surface area (Å²) in [5, 5.41) is 3.13. The first-order valence-electron chi connectivity index (χ1n) is 8.90. The Hall–Kier alpha value is -2.89. The summed E-state index contributed by atoms with van der Waals surface area (Å²) in [6.45, 7) is 9.76. The van der Waals surface area contributed by atoms with Crippen LogP contribution in [0.5, 0.6) is 0 Å². The molecule has 2 aromatic rings. The van der Waals surface area contributed by atoms with Gasteiger partial charge < -0.3 is 16.0 Å². The third-order valence-corrected chi connectivity index (χ3v) is 4.05. The third-order valence-electron chi connectivity index (χ3n) is 4.05. The van der Waals surface area contributed by atoms with Crippen molar-refractivity contribution in [3.63, 3.8) is 0 Å². The van der Waals surface area contributed by atoms with E-state index in [0.29, 0.717) is 5.82 Å². The van der Waals surface area contributed by atoms with Crippen molar-refractivity contribution in [3.8, 4) is 11.3 Å². The van der Waals surface area contributed by atoms with Gasteiger partial charge >= 0.3 is 0 Å².